The molecule has 0 saturated heterocycles. The molecule has 0 saturated carbocycles. The van der Waals surface area contributed by atoms with E-state index in [0.717, 1.165) is 22.6 Å². The summed E-state index contributed by atoms with van der Waals surface area (Å²) in [5, 5.41) is 17.4. The minimum atomic E-state index is -0.153. The summed E-state index contributed by atoms with van der Waals surface area (Å²) in [6.45, 7) is 0.634. The first-order chi connectivity index (χ1) is 11.8. The van der Waals surface area contributed by atoms with E-state index in [1.807, 2.05) is 71.7 Å². The number of hydrogen-bond acceptors (Lipinski definition) is 4. The van der Waals surface area contributed by atoms with Gasteiger partial charge in [0.1, 0.15) is 5.75 Å². The van der Waals surface area contributed by atoms with Crippen molar-refractivity contribution in [2.75, 3.05) is 13.7 Å². The van der Waals surface area contributed by atoms with Crippen LogP contribution in [0.2, 0.25) is 0 Å². The predicted octanol–water partition coefficient (Wildman–Crippen LogP) is 2.70. The van der Waals surface area contributed by atoms with Gasteiger partial charge in [-0.2, -0.15) is 5.10 Å². The maximum absolute atomic E-state index is 9.68. The Bertz CT molecular complexity index is 771. The van der Waals surface area contributed by atoms with Gasteiger partial charge in [-0.1, -0.05) is 30.3 Å². The monoisotopic (exact) mass is 323 g/mol. The molecule has 0 aliphatic heterocycles. The van der Waals surface area contributed by atoms with Crippen LogP contribution >= 0.6 is 0 Å². The van der Waals surface area contributed by atoms with Gasteiger partial charge >= 0.3 is 0 Å². The molecule has 2 aromatic carbocycles. The minimum Gasteiger partial charge on any atom is -0.497 e. The Balaban J connectivity index is 1.67. The van der Waals surface area contributed by atoms with E-state index in [2.05, 4.69) is 10.4 Å². The highest BCUT2D eigenvalue weighted by Crippen LogP contribution is 2.19. The zero-order valence-electron chi connectivity index (χ0n) is 13.6. The van der Waals surface area contributed by atoms with E-state index in [9.17, 15) is 5.11 Å². The molecular formula is C19H21N3O2. The van der Waals surface area contributed by atoms with Crippen molar-refractivity contribution in [3.05, 3.63) is 78.1 Å². The minimum absolute atomic E-state index is 0.0139. The number of aliphatic hydroxyl groups is 1. The molecule has 1 aromatic heterocycles. The molecule has 124 valence electrons. The van der Waals surface area contributed by atoms with Crippen LogP contribution < -0.4 is 10.1 Å². The highest BCUT2D eigenvalue weighted by atomic mass is 16.5. The number of ether oxygens (including phenoxy) is 1. The van der Waals surface area contributed by atoms with Gasteiger partial charge in [-0.3, -0.25) is 0 Å². The largest absolute Gasteiger partial charge is 0.497 e. The zero-order valence-corrected chi connectivity index (χ0v) is 13.6. The smallest absolute Gasteiger partial charge is 0.119 e. The second-order valence-corrected chi connectivity index (χ2v) is 5.52. The van der Waals surface area contributed by atoms with Crippen LogP contribution in [0.25, 0.3) is 5.69 Å². The second-order valence-electron chi connectivity index (χ2n) is 5.52. The Morgan fingerprint density at radius 3 is 2.75 bits per heavy atom. The SMILES string of the molecule is COc1cccc(C(CO)NCc2cnn(-c3ccccc3)c2)c1. The van der Waals surface area contributed by atoms with E-state index in [4.69, 9.17) is 4.74 Å². The van der Waals surface area contributed by atoms with Crippen LogP contribution in [-0.2, 0) is 6.54 Å². The van der Waals surface area contributed by atoms with Gasteiger partial charge in [-0.05, 0) is 29.8 Å². The molecule has 2 N–H and O–H groups in total. The maximum atomic E-state index is 9.68. The summed E-state index contributed by atoms with van der Waals surface area (Å²) in [6, 6.07) is 17.5. The Hall–Kier alpha value is -2.63. The molecule has 0 fully saturated rings. The topological polar surface area (TPSA) is 59.3 Å². The summed E-state index contributed by atoms with van der Waals surface area (Å²) in [6.07, 6.45) is 3.82. The van der Waals surface area contributed by atoms with E-state index in [1.54, 1.807) is 7.11 Å². The summed E-state index contributed by atoms with van der Waals surface area (Å²) in [7, 11) is 1.64. The van der Waals surface area contributed by atoms with Crippen LogP contribution in [0.4, 0.5) is 0 Å². The molecule has 0 aliphatic rings. The van der Waals surface area contributed by atoms with Crippen LogP contribution in [-0.4, -0.2) is 28.6 Å². The first-order valence-corrected chi connectivity index (χ1v) is 7.87. The summed E-state index contributed by atoms with van der Waals surface area (Å²) < 4.78 is 7.09. The molecule has 5 nitrogen and oxygen atoms in total. The molecule has 0 aliphatic carbocycles. The number of rotatable bonds is 7. The van der Waals surface area contributed by atoms with E-state index < -0.39 is 0 Å². The molecule has 1 heterocycles. The highest BCUT2D eigenvalue weighted by Gasteiger charge is 2.11. The van der Waals surface area contributed by atoms with Crippen molar-refractivity contribution in [2.45, 2.75) is 12.6 Å². The van der Waals surface area contributed by atoms with Crippen molar-refractivity contribution in [3.63, 3.8) is 0 Å². The second kappa shape index (κ2) is 7.77. The first kappa shape index (κ1) is 16.2. The Morgan fingerprint density at radius 1 is 1.17 bits per heavy atom. The van der Waals surface area contributed by atoms with Gasteiger partial charge in [0.15, 0.2) is 0 Å². The van der Waals surface area contributed by atoms with Crippen LogP contribution in [0.15, 0.2) is 67.0 Å². The molecule has 1 unspecified atom stereocenters. The molecule has 0 bridgehead atoms. The van der Waals surface area contributed by atoms with Crippen LogP contribution in [0.1, 0.15) is 17.2 Å². The average Bonchev–Trinajstić information content (AvgIpc) is 3.12. The van der Waals surface area contributed by atoms with Gasteiger partial charge in [0.25, 0.3) is 0 Å². The Kier molecular flexibility index (Phi) is 5.25. The van der Waals surface area contributed by atoms with Crippen molar-refractivity contribution >= 4 is 0 Å². The van der Waals surface area contributed by atoms with E-state index >= 15 is 0 Å². The van der Waals surface area contributed by atoms with Crippen molar-refractivity contribution in [2.24, 2.45) is 0 Å². The molecule has 0 spiro atoms. The zero-order chi connectivity index (χ0) is 16.8. The molecule has 0 radical (unpaired) electrons. The van der Waals surface area contributed by atoms with Crippen molar-refractivity contribution in [3.8, 4) is 11.4 Å². The third-order valence-electron chi connectivity index (χ3n) is 3.89. The summed E-state index contributed by atoms with van der Waals surface area (Å²) >= 11 is 0. The fourth-order valence-electron chi connectivity index (χ4n) is 2.56. The summed E-state index contributed by atoms with van der Waals surface area (Å²) in [5.74, 6) is 0.782. The fraction of sp³-hybridized carbons (Fsp3) is 0.211. The summed E-state index contributed by atoms with van der Waals surface area (Å²) in [4.78, 5) is 0. The number of para-hydroxylation sites is 1. The quantitative estimate of drug-likeness (QED) is 0.702. The maximum Gasteiger partial charge on any atom is 0.119 e. The van der Waals surface area contributed by atoms with Gasteiger partial charge in [0.2, 0.25) is 0 Å². The standard InChI is InChI=1S/C19H21N3O2/c1-24-18-9-5-6-16(10-18)19(14-23)20-11-15-12-21-22(13-15)17-7-3-2-4-8-17/h2-10,12-13,19-20,23H,11,14H2,1H3. The summed E-state index contributed by atoms with van der Waals surface area (Å²) in [5.41, 5.74) is 3.07. The number of hydrogen-bond donors (Lipinski definition) is 2. The lowest BCUT2D eigenvalue weighted by Crippen LogP contribution is -2.23. The number of aliphatic hydroxyl groups excluding tert-OH is 1. The van der Waals surface area contributed by atoms with E-state index in [1.165, 1.54) is 0 Å². The number of methoxy groups -OCH3 is 1. The number of nitrogens with zero attached hydrogens (tertiary/aromatic N) is 2. The number of aromatic nitrogens is 2. The lowest BCUT2D eigenvalue weighted by molar-refractivity contribution is 0.243. The Labute approximate surface area is 141 Å². The first-order valence-electron chi connectivity index (χ1n) is 7.87. The predicted molar refractivity (Wildman–Crippen MR) is 93.2 cm³/mol. The molecule has 0 amide bonds. The van der Waals surface area contributed by atoms with E-state index in [-0.39, 0.29) is 12.6 Å². The third-order valence-corrected chi connectivity index (χ3v) is 3.89. The highest BCUT2D eigenvalue weighted by molar-refractivity contribution is 5.32. The van der Waals surface area contributed by atoms with Crippen LogP contribution in [0.3, 0.4) is 0 Å². The number of benzene rings is 2. The van der Waals surface area contributed by atoms with Gasteiger partial charge in [0, 0.05) is 18.3 Å². The van der Waals surface area contributed by atoms with Crippen LogP contribution in [0.5, 0.6) is 5.75 Å². The van der Waals surface area contributed by atoms with Gasteiger partial charge < -0.3 is 15.2 Å². The fourth-order valence-corrected chi connectivity index (χ4v) is 2.56. The molecule has 5 heteroatoms. The number of nitrogens with one attached hydrogen (secondary N) is 1. The van der Waals surface area contributed by atoms with Gasteiger partial charge in [0.05, 0.1) is 31.6 Å². The lowest BCUT2D eigenvalue weighted by Gasteiger charge is -2.17. The van der Waals surface area contributed by atoms with Crippen LogP contribution in [0, 0.1) is 0 Å². The van der Waals surface area contributed by atoms with Gasteiger partial charge in [-0.25, -0.2) is 4.68 Å². The van der Waals surface area contributed by atoms with Crippen molar-refractivity contribution in [1.29, 1.82) is 0 Å². The Morgan fingerprint density at radius 2 is 2.00 bits per heavy atom. The van der Waals surface area contributed by atoms with Gasteiger partial charge in [-0.15, -0.1) is 0 Å². The molecule has 3 rings (SSSR count). The van der Waals surface area contributed by atoms with Crippen molar-refractivity contribution in [1.82, 2.24) is 15.1 Å². The third kappa shape index (κ3) is 3.82. The van der Waals surface area contributed by atoms with Crippen molar-refractivity contribution < 1.29 is 9.84 Å². The molecule has 1 atom stereocenters. The normalized spacial score (nSPS) is 12.1. The molecule has 24 heavy (non-hydrogen) atoms. The molecule has 3 aromatic rings. The van der Waals surface area contributed by atoms with E-state index in [0.29, 0.717) is 6.54 Å². The average molecular weight is 323 g/mol. The lowest BCUT2D eigenvalue weighted by atomic mass is 10.1. The molecular weight excluding hydrogens is 302 g/mol.